The summed E-state index contributed by atoms with van der Waals surface area (Å²) in [6, 6.07) is 8.10. The predicted octanol–water partition coefficient (Wildman–Crippen LogP) is 6.30. The van der Waals surface area contributed by atoms with Crippen LogP contribution < -0.4 is 5.32 Å². The van der Waals surface area contributed by atoms with E-state index in [0.717, 1.165) is 11.3 Å². The van der Waals surface area contributed by atoms with Crippen LogP contribution in [0.25, 0.3) is 0 Å². The number of aryl methyl sites for hydroxylation is 1. The number of nitrogens with one attached hydrogen (secondary N) is 1. The van der Waals surface area contributed by atoms with Crippen molar-refractivity contribution in [1.29, 1.82) is 0 Å². The minimum absolute atomic E-state index is 0.202. The number of rotatable bonds is 4. The molecule has 1 saturated carbocycles. The maximum absolute atomic E-state index is 13.6. The topological polar surface area (TPSA) is 12.0 Å². The third-order valence-electron chi connectivity index (χ3n) is 4.30. The van der Waals surface area contributed by atoms with Gasteiger partial charge in [0.25, 0.3) is 0 Å². The summed E-state index contributed by atoms with van der Waals surface area (Å²) >= 11 is 5.09. The molecule has 1 aliphatic carbocycles. The fourth-order valence-corrected chi connectivity index (χ4v) is 4.36. The second-order valence-electron chi connectivity index (χ2n) is 5.76. The third kappa shape index (κ3) is 3.32. The summed E-state index contributed by atoms with van der Waals surface area (Å²) in [7, 11) is 0. The summed E-state index contributed by atoms with van der Waals surface area (Å²) in [4.78, 5) is 1.38. The van der Waals surface area contributed by atoms with E-state index in [1.54, 1.807) is 17.4 Å². The van der Waals surface area contributed by atoms with Crippen molar-refractivity contribution in [3.8, 4) is 0 Å². The van der Waals surface area contributed by atoms with Crippen molar-refractivity contribution in [2.24, 2.45) is 5.92 Å². The molecule has 21 heavy (non-hydrogen) atoms. The maximum atomic E-state index is 13.6. The van der Waals surface area contributed by atoms with Crippen molar-refractivity contribution in [2.75, 3.05) is 5.32 Å². The van der Waals surface area contributed by atoms with Crippen LogP contribution in [0.3, 0.4) is 0 Å². The zero-order valence-electron chi connectivity index (χ0n) is 12.0. The Kier molecular flexibility index (Phi) is 4.65. The number of hydrogen-bond acceptors (Lipinski definition) is 2. The maximum Gasteiger partial charge on any atom is 0.137 e. The molecule has 0 saturated heterocycles. The highest BCUT2D eigenvalue weighted by atomic mass is 79.9. The van der Waals surface area contributed by atoms with Gasteiger partial charge in [-0.15, -0.1) is 11.3 Å². The first kappa shape index (κ1) is 15.0. The second-order valence-corrected chi connectivity index (χ2v) is 7.60. The monoisotopic (exact) mass is 367 g/mol. The normalized spacial score (nSPS) is 17.1. The first-order valence-corrected chi connectivity index (χ1v) is 9.08. The fourth-order valence-electron chi connectivity index (χ4n) is 3.15. The highest BCUT2D eigenvalue weighted by Crippen LogP contribution is 2.40. The molecule has 1 aromatic carbocycles. The summed E-state index contributed by atoms with van der Waals surface area (Å²) in [5, 5.41) is 5.80. The van der Waals surface area contributed by atoms with Crippen LogP contribution in [0, 0.1) is 18.7 Å². The molecule has 0 aliphatic heterocycles. The van der Waals surface area contributed by atoms with Gasteiger partial charge in [-0.2, -0.15) is 0 Å². The van der Waals surface area contributed by atoms with Gasteiger partial charge in [-0.1, -0.05) is 18.9 Å². The van der Waals surface area contributed by atoms with E-state index in [-0.39, 0.29) is 5.82 Å². The molecule has 1 nitrogen and oxygen atoms in total. The molecule has 4 heteroatoms. The lowest BCUT2D eigenvalue weighted by Gasteiger charge is -2.26. The van der Waals surface area contributed by atoms with Crippen LogP contribution in [0.15, 0.2) is 34.1 Å². The van der Waals surface area contributed by atoms with Gasteiger partial charge in [0.15, 0.2) is 0 Å². The molecule has 0 amide bonds. The van der Waals surface area contributed by atoms with Crippen molar-refractivity contribution in [1.82, 2.24) is 0 Å². The number of halogens is 2. The molecule has 112 valence electrons. The molecule has 0 bridgehead atoms. The molecule has 0 spiro atoms. The lowest BCUT2D eigenvalue weighted by atomic mass is 9.96. The van der Waals surface area contributed by atoms with E-state index in [1.807, 2.05) is 13.0 Å². The number of thiophene rings is 1. The Balaban J connectivity index is 1.89. The van der Waals surface area contributed by atoms with Crippen LogP contribution in [-0.4, -0.2) is 0 Å². The molecule has 1 unspecified atom stereocenters. The first-order valence-electron chi connectivity index (χ1n) is 7.41. The molecule has 1 N–H and O–H groups in total. The molecule has 1 aromatic heterocycles. The van der Waals surface area contributed by atoms with Crippen molar-refractivity contribution < 1.29 is 4.39 Å². The van der Waals surface area contributed by atoms with Gasteiger partial charge in [-0.05, 0) is 70.8 Å². The smallest absolute Gasteiger partial charge is 0.137 e. The Labute approximate surface area is 137 Å². The molecule has 0 radical (unpaired) electrons. The standard InChI is InChI=1S/C17H19BrFNS/c1-11-9-14(19)13(18)10-15(11)20-17(12-5-2-3-6-12)16-7-4-8-21-16/h4,7-10,12,17,20H,2-3,5-6H2,1H3. The minimum Gasteiger partial charge on any atom is -0.377 e. The van der Waals surface area contributed by atoms with Gasteiger partial charge in [0.2, 0.25) is 0 Å². The predicted molar refractivity (Wildman–Crippen MR) is 91.5 cm³/mol. The molecule has 1 heterocycles. The van der Waals surface area contributed by atoms with E-state index in [0.29, 0.717) is 16.4 Å². The highest BCUT2D eigenvalue weighted by molar-refractivity contribution is 9.10. The van der Waals surface area contributed by atoms with Crippen molar-refractivity contribution in [3.63, 3.8) is 0 Å². The average molecular weight is 368 g/mol. The van der Waals surface area contributed by atoms with Gasteiger partial charge in [-0.25, -0.2) is 4.39 Å². The van der Waals surface area contributed by atoms with Crippen LogP contribution in [-0.2, 0) is 0 Å². The lowest BCUT2D eigenvalue weighted by Crippen LogP contribution is -2.18. The van der Waals surface area contributed by atoms with Gasteiger partial charge in [0.05, 0.1) is 10.5 Å². The molecule has 1 aliphatic rings. The van der Waals surface area contributed by atoms with E-state index < -0.39 is 0 Å². The summed E-state index contributed by atoms with van der Waals surface area (Å²) in [6.45, 7) is 1.96. The molecule has 2 aromatic rings. The first-order chi connectivity index (χ1) is 10.1. The van der Waals surface area contributed by atoms with E-state index in [9.17, 15) is 4.39 Å². The molecular weight excluding hydrogens is 349 g/mol. The van der Waals surface area contributed by atoms with Crippen LogP contribution in [0.4, 0.5) is 10.1 Å². The molecule has 3 rings (SSSR count). The zero-order chi connectivity index (χ0) is 14.8. The third-order valence-corrected chi connectivity index (χ3v) is 5.86. The Morgan fingerprint density at radius 3 is 2.76 bits per heavy atom. The Bertz CT molecular complexity index is 606. The van der Waals surface area contributed by atoms with Gasteiger partial charge < -0.3 is 5.32 Å². The molecular formula is C17H19BrFNS. The lowest BCUT2D eigenvalue weighted by molar-refractivity contribution is 0.475. The summed E-state index contributed by atoms with van der Waals surface area (Å²) < 4.78 is 14.1. The van der Waals surface area contributed by atoms with Crippen molar-refractivity contribution in [3.05, 3.63) is 50.4 Å². The summed E-state index contributed by atoms with van der Waals surface area (Å²) in [5.41, 5.74) is 1.98. The van der Waals surface area contributed by atoms with E-state index in [1.165, 1.54) is 30.6 Å². The summed E-state index contributed by atoms with van der Waals surface area (Å²) in [6.07, 6.45) is 5.19. The molecule has 1 atom stereocenters. The van der Waals surface area contributed by atoms with E-state index in [4.69, 9.17) is 0 Å². The van der Waals surface area contributed by atoms with Gasteiger partial charge in [0, 0.05) is 10.6 Å². The minimum atomic E-state index is -0.202. The number of anilines is 1. The second kappa shape index (κ2) is 6.49. The van der Waals surface area contributed by atoms with E-state index in [2.05, 4.69) is 38.8 Å². The highest BCUT2D eigenvalue weighted by Gasteiger charge is 2.27. The van der Waals surface area contributed by atoms with Crippen LogP contribution in [0.5, 0.6) is 0 Å². The average Bonchev–Trinajstić information content (AvgIpc) is 3.14. The van der Waals surface area contributed by atoms with E-state index >= 15 is 0 Å². The van der Waals surface area contributed by atoms with Gasteiger partial charge in [0.1, 0.15) is 5.82 Å². The Morgan fingerprint density at radius 1 is 1.33 bits per heavy atom. The SMILES string of the molecule is Cc1cc(F)c(Br)cc1NC(c1cccs1)C1CCCC1. The number of benzene rings is 1. The van der Waals surface area contributed by atoms with Crippen LogP contribution in [0.1, 0.15) is 42.2 Å². The van der Waals surface area contributed by atoms with Gasteiger partial charge in [-0.3, -0.25) is 0 Å². The van der Waals surface area contributed by atoms with Crippen LogP contribution in [0.2, 0.25) is 0 Å². The molecule has 1 fully saturated rings. The van der Waals surface area contributed by atoms with Crippen molar-refractivity contribution in [2.45, 2.75) is 38.6 Å². The largest absolute Gasteiger partial charge is 0.377 e. The Morgan fingerprint density at radius 2 is 2.10 bits per heavy atom. The van der Waals surface area contributed by atoms with Gasteiger partial charge >= 0.3 is 0 Å². The van der Waals surface area contributed by atoms with Crippen molar-refractivity contribution >= 4 is 33.0 Å². The zero-order valence-corrected chi connectivity index (χ0v) is 14.4. The fraction of sp³-hybridized carbons (Fsp3) is 0.412. The van der Waals surface area contributed by atoms with Crippen LogP contribution >= 0.6 is 27.3 Å². The number of hydrogen-bond donors (Lipinski definition) is 1. The Hall–Kier alpha value is -0.870. The quantitative estimate of drug-likeness (QED) is 0.668. The summed E-state index contributed by atoms with van der Waals surface area (Å²) in [5.74, 6) is 0.471.